The lowest BCUT2D eigenvalue weighted by Crippen LogP contribution is -2.72. The van der Waals surface area contributed by atoms with Crippen LogP contribution in [0.4, 0.5) is 5.82 Å². The molecule has 14 nitrogen and oxygen atoms in total. The zero-order valence-corrected chi connectivity index (χ0v) is 35.6. The van der Waals surface area contributed by atoms with Gasteiger partial charge in [0, 0.05) is 96.2 Å². The highest BCUT2D eigenvalue weighted by Crippen LogP contribution is 2.60. The van der Waals surface area contributed by atoms with Crippen molar-refractivity contribution < 1.29 is 43.6 Å². The van der Waals surface area contributed by atoms with E-state index >= 15 is 0 Å². The molecule has 0 bridgehead atoms. The van der Waals surface area contributed by atoms with Crippen LogP contribution in [0.15, 0.2) is 63.0 Å². The molecule has 6 N–H and O–H groups in total. The summed E-state index contributed by atoms with van der Waals surface area (Å²) >= 11 is 0. The number of nitrogens with one attached hydrogen (secondary N) is 1. The van der Waals surface area contributed by atoms with Crippen molar-refractivity contribution >= 4 is 56.5 Å². The summed E-state index contributed by atoms with van der Waals surface area (Å²) in [6.07, 6.45) is 7.81. The Kier molecular flexibility index (Phi) is 12.0. The van der Waals surface area contributed by atoms with Crippen LogP contribution >= 0.6 is 21.6 Å². The molecule has 16 heteroatoms. The number of allylic oxidation sites excluding steroid dienone is 1. The van der Waals surface area contributed by atoms with Gasteiger partial charge in [-0.15, -0.1) is 0 Å². The number of ether oxygens (including phenoxy) is 2. The predicted molar refractivity (Wildman–Crippen MR) is 229 cm³/mol. The lowest BCUT2D eigenvalue weighted by Gasteiger charge is -2.58. The van der Waals surface area contributed by atoms with Gasteiger partial charge in [-0.05, 0) is 75.0 Å². The first-order valence-electron chi connectivity index (χ1n) is 20.6. The third-order valence-corrected chi connectivity index (χ3v) is 16.4. The molecule has 320 valence electrons. The Morgan fingerprint density at radius 1 is 1.17 bits per heavy atom. The van der Waals surface area contributed by atoms with E-state index in [1.165, 1.54) is 0 Å². The Hall–Kier alpha value is -4.19. The highest BCUT2D eigenvalue weighted by atomic mass is 33.1. The Labute approximate surface area is 355 Å². The molecule has 1 spiro atoms. The summed E-state index contributed by atoms with van der Waals surface area (Å²) in [4.78, 5) is 60.5. The summed E-state index contributed by atoms with van der Waals surface area (Å²) in [5, 5.41) is 34.6. The third kappa shape index (κ3) is 7.06. The molecule has 3 aliphatic heterocycles. The number of aliphatic hydroxyl groups excluding tert-OH is 3. The van der Waals surface area contributed by atoms with E-state index in [9.17, 15) is 34.5 Å². The summed E-state index contributed by atoms with van der Waals surface area (Å²) in [5.41, 5.74) is 6.83. The number of carbonyl (C=O) groups is 3. The molecule has 2 aliphatic carbocycles. The SMILES string of the molecule is CC=C(CCO)C(=O)OC1(C)C(CO)C=C2CSSC3CC(C=O)C(NC)C4CN(C(=O)Cc5cnc(N)cc5C2C12Cc1cc5cc(CCCO)c(=O)oc5cc1O2)C34. The molecule has 2 aromatic heterocycles. The standard InChI is InChI=1S/C44H52N4O10S2/c1-4-23(7-9-50)42(55)58-43(2)30(21-52)12-29-22-59-60-35-13-28(20-51)39(46-3)32-19-48(40(32)35)37(53)14-27-18-47-36(45)15-31(27)38(29)44(43)17-26-11-25-10-24(6-5-8-49)41(54)56-33(25)16-34(26)57-44/h4,10-12,15-16,18,20,28,30,32,35,38-40,46,49-50,52H,5-9,13-14,17,19,21-22H2,1-3H3,(H2,45,47). The van der Waals surface area contributed by atoms with Gasteiger partial charge < -0.3 is 50.0 Å². The molecular weight excluding hydrogens is 809 g/mol. The first-order chi connectivity index (χ1) is 28.9. The van der Waals surface area contributed by atoms with E-state index in [1.54, 1.807) is 65.9 Å². The fourth-order valence-electron chi connectivity index (χ4n) is 10.5. The largest absolute Gasteiger partial charge is 0.481 e. The molecule has 9 unspecified atom stereocenters. The Balaban J connectivity index is 1.31. The van der Waals surface area contributed by atoms with Crippen molar-refractivity contribution in [2.75, 3.05) is 44.9 Å². The van der Waals surface area contributed by atoms with Crippen LogP contribution in [0.3, 0.4) is 0 Å². The first kappa shape index (κ1) is 42.5. The van der Waals surface area contributed by atoms with E-state index in [-0.39, 0.29) is 78.9 Å². The van der Waals surface area contributed by atoms with Crippen molar-refractivity contribution in [3.63, 3.8) is 0 Å². The number of hydrogen-bond donors (Lipinski definition) is 5. The fraction of sp³-hybridized carbons (Fsp3) is 0.523. The number of aldehydes is 1. The van der Waals surface area contributed by atoms with E-state index in [4.69, 9.17) is 19.6 Å². The number of pyridine rings is 1. The average molecular weight is 861 g/mol. The van der Waals surface area contributed by atoms with Gasteiger partial charge in [0.15, 0.2) is 11.2 Å². The predicted octanol–water partition coefficient (Wildman–Crippen LogP) is 3.27. The molecule has 60 heavy (non-hydrogen) atoms. The molecule has 3 aromatic rings. The van der Waals surface area contributed by atoms with Gasteiger partial charge in [-0.1, -0.05) is 39.3 Å². The highest BCUT2D eigenvalue weighted by Gasteiger charge is 2.67. The minimum absolute atomic E-state index is 0.00924. The number of nitrogens with two attached hydrogens (primary N) is 1. The smallest absolute Gasteiger partial charge is 0.339 e. The number of fused-ring (bicyclic) bond motifs is 6. The molecule has 1 saturated carbocycles. The minimum Gasteiger partial charge on any atom is -0.481 e. The van der Waals surface area contributed by atoms with Gasteiger partial charge in [-0.2, -0.15) is 0 Å². The number of aromatic nitrogens is 1. The van der Waals surface area contributed by atoms with E-state index in [1.807, 2.05) is 24.1 Å². The van der Waals surface area contributed by atoms with Crippen LogP contribution in [0.25, 0.3) is 11.0 Å². The number of esters is 1. The summed E-state index contributed by atoms with van der Waals surface area (Å²) in [5.74, 6) is -1.24. The van der Waals surface area contributed by atoms with Gasteiger partial charge in [-0.3, -0.25) is 4.79 Å². The fourth-order valence-corrected chi connectivity index (χ4v) is 13.7. The van der Waals surface area contributed by atoms with Crippen LogP contribution in [-0.4, -0.2) is 111 Å². The lowest BCUT2D eigenvalue weighted by molar-refractivity contribution is -0.199. The normalized spacial score (nSPS) is 31.1. The maximum absolute atomic E-state index is 14.5. The van der Waals surface area contributed by atoms with Crippen LogP contribution in [-0.2, 0) is 38.4 Å². The molecule has 8 rings (SSSR count). The van der Waals surface area contributed by atoms with Crippen molar-refractivity contribution in [1.82, 2.24) is 15.2 Å². The van der Waals surface area contributed by atoms with Crippen LogP contribution in [0, 0.1) is 17.8 Å². The van der Waals surface area contributed by atoms with Gasteiger partial charge in [0.1, 0.15) is 23.4 Å². The summed E-state index contributed by atoms with van der Waals surface area (Å²) in [7, 11) is 5.16. The number of carbonyl (C=O) groups excluding carboxylic acids is 3. The van der Waals surface area contributed by atoms with Crippen molar-refractivity contribution in [3.8, 4) is 5.75 Å². The second kappa shape index (κ2) is 16.9. The quantitative estimate of drug-likeness (QED) is 0.0494. The van der Waals surface area contributed by atoms with Crippen LogP contribution in [0.1, 0.15) is 61.3 Å². The molecule has 9 atom stereocenters. The second-order valence-electron chi connectivity index (χ2n) is 16.7. The van der Waals surface area contributed by atoms with Gasteiger partial charge in [0.25, 0.3) is 0 Å². The molecule has 2 fully saturated rings. The third-order valence-electron chi connectivity index (χ3n) is 13.6. The number of aryl methyl sites for hydroxylation is 1. The second-order valence-corrected chi connectivity index (χ2v) is 19.3. The number of amides is 1. The number of hydrogen-bond acceptors (Lipinski definition) is 15. The van der Waals surface area contributed by atoms with E-state index in [0.29, 0.717) is 65.0 Å². The number of rotatable bonds is 10. The topological polar surface area (TPSA) is 215 Å². The van der Waals surface area contributed by atoms with Crippen LogP contribution < -0.4 is 21.4 Å². The molecule has 1 saturated heterocycles. The zero-order valence-electron chi connectivity index (χ0n) is 33.9. The maximum Gasteiger partial charge on any atom is 0.339 e. The summed E-state index contributed by atoms with van der Waals surface area (Å²) < 4.78 is 19.7. The van der Waals surface area contributed by atoms with E-state index in [0.717, 1.165) is 17.4 Å². The number of nitrogens with zero attached hydrogens (tertiary/aromatic N) is 2. The number of aliphatic hydroxyl groups is 3. The van der Waals surface area contributed by atoms with Crippen molar-refractivity contribution in [3.05, 3.63) is 86.4 Å². The monoisotopic (exact) mass is 860 g/mol. The minimum atomic E-state index is -1.58. The Bertz CT molecular complexity index is 2320. The van der Waals surface area contributed by atoms with Gasteiger partial charge in [0.2, 0.25) is 5.91 Å². The Morgan fingerprint density at radius 2 is 1.98 bits per heavy atom. The number of nitrogen functional groups attached to an aromatic ring is 1. The van der Waals surface area contributed by atoms with Crippen molar-refractivity contribution in [1.29, 1.82) is 0 Å². The zero-order chi connectivity index (χ0) is 42.5. The lowest BCUT2D eigenvalue weighted by atomic mass is 9.58. The van der Waals surface area contributed by atoms with E-state index in [2.05, 4.69) is 10.3 Å². The van der Waals surface area contributed by atoms with E-state index < -0.39 is 41.2 Å². The van der Waals surface area contributed by atoms with Gasteiger partial charge >= 0.3 is 11.6 Å². The molecular formula is C44H52N4O10S2. The molecule has 5 heterocycles. The number of benzene rings is 1. The first-order valence-corrected chi connectivity index (χ1v) is 23.0. The van der Waals surface area contributed by atoms with Crippen LogP contribution in [0.5, 0.6) is 5.75 Å². The number of anilines is 1. The molecule has 1 aromatic carbocycles. The van der Waals surface area contributed by atoms with Crippen LogP contribution in [0.2, 0.25) is 0 Å². The maximum atomic E-state index is 14.5. The molecule has 1 amide bonds. The van der Waals surface area contributed by atoms with Crippen molar-refractivity contribution in [2.45, 2.75) is 86.8 Å². The van der Waals surface area contributed by atoms with Gasteiger partial charge in [-0.25, -0.2) is 14.6 Å². The summed E-state index contributed by atoms with van der Waals surface area (Å²) in [6.45, 7) is 3.22. The van der Waals surface area contributed by atoms with Gasteiger partial charge in [0.05, 0.1) is 25.0 Å². The average Bonchev–Trinajstić information content (AvgIpc) is 3.59. The molecule has 5 aliphatic rings. The van der Waals surface area contributed by atoms with Crippen molar-refractivity contribution in [2.24, 2.45) is 17.8 Å². The molecule has 0 radical (unpaired) electrons. The summed E-state index contributed by atoms with van der Waals surface area (Å²) in [6, 6.07) is 7.01. The Morgan fingerprint density at radius 3 is 2.70 bits per heavy atom. The highest BCUT2D eigenvalue weighted by molar-refractivity contribution is 8.77.